The first kappa shape index (κ1) is 14.0. The van der Waals surface area contributed by atoms with E-state index in [-0.39, 0.29) is 6.54 Å². The molecule has 1 aromatic heterocycles. The molecule has 0 aliphatic heterocycles. The van der Waals surface area contributed by atoms with E-state index >= 15 is 0 Å². The van der Waals surface area contributed by atoms with Crippen LogP contribution in [-0.4, -0.2) is 16.7 Å². The number of phenols is 1. The zero-order chi connectivity index (χ0) is 14.5. The zero-order valence-corrected chi connectivity index (χ0v) is 10.9. The van der Waals surface area contributed by atoms with Gasteiger partial charge in [-0.1, -0.05) is 0 Å². The van der Waals surface area contributed by atoms with Gasteiger partial charge in [0.2, 0.25) is 5.88 Å². The Morgan fingerprint density at radius 1 is 1.30 bits per heavy atom. The van der Waals surface area contributed by atoms with E-state index in [9.17, 15) is 8.78 Å². The Morgan fingerprint density at radius 3 is 2.65 bits per heavy atom. The van der Waals surface area contributed by atoms with Gasteiger partial charge in [-0.2, -0.15) is 0 Å². The standard InChI is InChI=1S/C14H14F2N2O2/c1-2-20-14-12(4-3-5-17-14)18-8-9-6-10(15)13(19)11(16)7-9/h3-7,18-19H,2,8H2,1H3. The molecule has 2 rings (SSSR count). The number of benzene rings is 1. The number of ether oxygens (including phenoxy) is 1. The lowest BCUT2D eigenvalue weighted by molar-refractivity contribution is 0.328. The highest BCUT2D eigenvalue weighted by Crippen LogP contribution is 2.24. The predicted molar refractivity (Wildman–Crippen MR) is 70.8 cm³/mol. The highest BCUT2D eigenvalue weighted by molar-refractivity contribution is 5.52. The molecule has 2 aromatic rings. The van der Waals surface area contributed by atoms with Crippen molar-refractivity contribution in [2.45, 2.75) is 13.5 Å². The van der Waals surface area contributed by atoms with Crippen molar-refractivity contribution in [3.05, 3.63) is 47.7 Å². The van der Waals surface area contributed by atoms with Gasteiger partial charge in [0.1, 0.15) is 0 Å². The summed E-state index contributed by atoms with van der Waals surface area (Å²) in [6.45, 7) is 2.48. The summed E-state index contributed by atoms with van der Waals surface area (Å²) in [5.74, 6) is -2.52. The highest BCUT2D eigenvalue weighted by atomic mass is 19.1. The van der Waals surface area contributed by atoms with Crippen molar-refractivity contribution in [2.75, 3.05) is 11.9 Å². The van der Waals surface area contributed by atoms with Crippen LogP contribution < -0.4 is 10.1 Å². The van der Waals surface area contributed by atoms with E-state index in [0.29, 0.717) is 23.7 Å². The van der Waals surface area contributed by atoms with E-state index in [1.54, 1.807) is 18.3 Å². The first-order valence-corrected chi connectivity index (χ1v) is 6.10. The van der Waals surface area contributed by atoms with Crippen LogP contribution >= 0.6 is 0 Å². The van der Waals surface area contributed by atoms with Gasteiger partial charge in [-0.15, -0.1) is 0 Å². The molecule has 4 nitrogen and oxygen atoms in total. The first-order chi connectivity index (χ1) is 9.61. The average molecular weight is 280 g/mol. The molecule has 6 heteroatoms. The van der Waals surface area contributed by atoms with Crippen LogP contribution in [0.2, 0.25) is 0 Å². The SMILES string of the molecule is CCOc1ncccc1NCc1cc(F)c(O)c(F)c1. The average Bonchev–Trinajstić information content (AvgIpc) is 2.44. The molecule has 0 amide bonds. The van der Waals surface area contributed by atoms with Crippen LogP contribution in [0.5, 0.6) is 11.6 Å². The Morgan fingerprint density at radius 2 is 2.00 bits per heavy atom. The Bertz CT molecular complexity index is 582. The minimum absolute atomic E-state index is 0.180. The molecule has 1 heterocycles. The Kier molecular flexibility index (Phi) is 4.34. The molecule has 0 aliphatic rings. The maximum absolute atomic E-state index is 13.2. The van der Waals surface area contributed by atoms with Crippen molar-refractivity contribution in [1.82, 2.24) is 4.98 Å². The van der Waals surface area contributed by atoms with Crippen molar-refractivity contribution in [1.29, 1.82) is 0 Å². The van der Waals surface area contributed by atoms with Crippen LogP contribution in [-0.2, 0) is 6.54 Å². The van der Waals surface area contributed by atoms with Crippen molar-refractivity contribution < 1.29 is 18.6 Å². The molecule has 1 aromatic carbocycles. The molecule has 0 saturated carbocycles. The number of nitrogens with one attached hydrogen (secondary N) is 1. The number of pyridine rings is 1. The van der Waals surface area contributed by atoms with Gasteiger partial charge < -0.3 is 15.2 Å². The molecule has 2 N–H and O–H groups in total. The maximum atomic E-state index is 13.2. The van der Waals surface area contributed by atoms with E-state index in [1.165, 1.54) is 0 Å². The molecule has 0 atom stereocenters. The number of hydrogen-bond donors (Lipinski definition) is 2. The number of aromatic hydroxyl groups is 1. The van der Waals surface area contributed by atoms with Crippen molar-refractivity contribution in [3.63, 3.8) is 0 Å². The quantitative estimate of drug-likeness (QED) is 0.883. The molecule has 0 aliphatic carbocycles. The number of aromatic nitrogens is 1. The summed E-state index contributed by atoms with van der Waals surface area (Å²) in [6, 6.07) is 5.62. The number of hydrogen-bond acceptors (Lipinski definition) is 4. The summed E-state index contributed by atoms with van der Waals surface area (Å²) in [6.07, 6.45) is 1.59. The van der Waals surface area contributed by atoms with Gasteiger partial charge in [-0.3, -0.25) is 0 Å². The van der Waals surface area contributed by atoms with E-state index < -0.39 is 17.4 Å². The largest absolute Gasteiger partial charge is 0.503 e. The van der Waals surface area contributed by atoms with Gasteiger partial charge in [0, 0.05) is 12.7 Å². The van der Waals surface area contributed by atoms with Gasteiger partial charge >= 0.3 is 0 Å². The minimum atomic E-state index is -0.988. The summed E-state index contributed by atoms with van der Waals surface area (Å²) in [5.41, 5.74) is 0.993. The van der Waals surface area contributed by atoms with Crippen molar-refractivity contribution in [3.8, 4) is 11.6 Å². The molecular formula is C14H14F2N2O2. The van der Waals surface area contributed by atoms with Crippen LogP contribution in [0.4, 0.5) is 14.5 Å². The first-order valence-electron chi connectivity index (χ1n) is 6.10. The van der Waals surface area contributed by atoms with Gasteiger partial charge in [0.15, 0.2) is 17.4 Å². The van der Waals surface area contributed by atoms with Gasteiger partial charge in [-0.25, -0.2) is 13.8 Å². The molecule has 0 unspecified atom stereocenters. The maximum Gasteiger partial charge on any atom is 0.237 e. The smallest absolute Gasteiger partial charge is 0.237 e. The fraction of sp³-hybridized carbons (Fsp3) is 0.214. The summed E-state index contributed by atoms with van der Waals surface area (Å²) in [7, 11) is 0. The fourth-order valence-electron chi connectivity index (χ4n) is 1.69. The molecule has 0 saturated heterocycles. The molecule has 0 fully saturated rings. The molecule has 0 spiro atoms. The summed E-state index contributed by atoms with van der Waals surface area (Å²) >= 11 is 0. The van der Waals surface area contributed by atoms with Crippen LogP contribution in [0.25, 0.3) is 0 Å². The highest BCUT2D eigenvalue weighted by Gasteiger charge is 2.10. The van der Waals surface area contributed by atoms with Gasteiger partial charge in [-0.05, 0) is 36.8 Å². The van der Waals surface area contributed by atoms with Gasteiger partial charge in [0.05, 0.1) is 12.3 Å². The topological polar surface area (TPSA) is 54.4 Å². The predicted octanol–water partition coefficient (Wildman–Crippen LogP) is 3.08. The van der Waals surface area contributed by atoms with Crippen LogP contribution in [0, 0.1) is 11.6 Å². The number of phenolic OH excluding ortho intramolecular Hbond substituents is 1. The van der Waals surface area contributed by atoms with E-state index in [1.807, 2.05) is 6.92 Å². The summed E-state index contributed by atoms with van der Waals surface area (Å²) in [5, 5.41) is 12.0. The lowest BCUT2D eigenvalue weighted by atomic mass is 10.2. The van der Waals surface area contributed by atoms with E-state index in [0.717, 1.165) is 12.1 Å². The fourth-order valence-corrected chi connectivity index (χ4v) is 1.69. The molecule has 0 radical (unpaired) electrons. The third-order valence-electron chi connectivity index (χ3n) is 2.61. The molecule has 0 bridgehead atoms. The Balaban J connectivity index is 2.13. The monoisotopic (exact) mass is 280 g/mol. The lowest BCUT2D eigenvalue weighted by Crippen LogP contribution is -2.04. The normalized spacial score (nSPS) is 10.3. The minimum Gasteiger partial charge on any atom is -0.503 e. The third-order valence-corrected chi connectivity index (χ3v) is 2.61. The third kappa shape index (κ3) is 3.14. The zero-order valence-electron chi connectivity index (χ0n) is 10.9. The van der Waals surface area contributed by atoms with E-state index in [2.05, 4.69) is 10.3 Å². The number of halogens is 2. The number of anilines is 1. The van der Waals surface area contributed by atoms with Gasteiger partial charge in [0.25, 0.3) is 0 Å². The lowest BCUT2D eigenvalue weighted by Gasteiger charge is -2.11. The molecule has 106 valence electrons. The second-order valence-electron chi connectivity index (χ2n) is 4.05. The number of nitrogens with zero attached hydrogens (tertiary/aromatic N) is 1. The molecule has 20 heavy (non-hydrogen) atoms. The second kappa shape index (κ2) is 6.18. The summed E-state index contributed by atoms with van der Waals surface area (Å²) < 4.78 is 31.8. The van der Waals surface area contributed by atoms with Crippen LogP contribution in [0.1, 0.15) is 12.5 Å². The number of rotatable bonds is 5. The van der Waals surface area contributed by atoms with Crippen molar-refractivity contribution in [2.24, 2.45) is 0 Å². The Hall–Kier alpha value is -2.37. The van der Waals surface area contributed by atoms with E-state index in [4.69, 9.17) is 9.84 Å². The van der Waals surface area contributed by atoms with Crippen LogP contribution in [0.15, 0.2) is 30.5 Å². The summed E-state index contributed by atoms with van der Waals surface area (Å²) in [4.78, 5) is 4.06. The van der Waals surface area contributed by atoms with Crippen LogP contribution in [0.3, 0.4) is 0 Å². The molecular weight excluding hydrogens is 266 g/mol. The van der Waals surface area contributed by atoms with Crippen molar-refractivity contribution >= 4 is 5.69 Å². The Labute approximate surface area is 115 Å². The second-order valence-corrected chi connectivity index (χ2v) is 4.05.